The molecule has 1 amide bonds. The van der Waals surface area contributed by atoms with E-state index in [2.05, 4.69) is 10.3 Å². The van der Waals surface area contributed by atoms with Gasteiger partial charge in [0.1, 0.15) is 5.69 Å². The lowest BCUT2D eigenvalue weighted by molar-refractivity contribution is -0.697. The van der Waals surface area contributed by atoms with Gasteiger partial charge in [0, 0.05) is 25.7 Å². The van der Waals surface area contributed by atoms with Crippen molar-refractivity contribution in [2.45, 2.75) is 13.1 Å². The van der Waals surface area contributed by atoms with Crippen LogP contribution in [-0.4, -0.2) is 45.9 Å². The van der Waals surface area contributed by atoms with E-state index in [1.54, 1.807) is 48.4 Å². The van der Waals surface area contributed by atoms with E-state index >= 15 is 0 Å². The van der Waals surface area contributed by atoms with Gasteiger partial charge in [-0.3, -0.25) is 18.7 Å². The van der Waals surface area contributed by atoms with Gasteiger partial charge in [-0.2, -0.15) is 0 Å². The summed E-state index contributed by atoms with van der Waals surface area (Å²) >= 11 is 0. The minimum atomic E-state index is -0.428. The average Bonchev–Trinajstić information content (AvgIpc) is 3.33. The molecule has 0 aliphatic rings. The van der Waals surface area contributed by atoms with Gasteiger partial charge >= 0.3 is 5.69 Å². The number of rotatable bonds is 8. The molecule has 3 heterocycles. The first-order valence-corrected chi connectivity index (χ1v) is 11.0. The summed E-state index contributed by atoms with van der Waals surface area (Å²) in [7, 11) is 7.48. The lowest BCUT2D eigenvalue weighted by atomic mass is 10.1. The molecule has 0 aliphatic heterocycles. The fourth-order valence-electron chi connectivity index (χ4n) is 3.94. The van der Waals surface area contributed by atoms with E-state index < -0.39 is 11.2 Å². The number of nitrogens with one attached hydrogen (secondary N) is 1. The van der Waals surface area contributed by atoms with Crippen molar-refractivity contribution < 1.29 is 40.6 Å². The van der Waals surface area contributed by atoms with Gasteiger partial charge in [0.2, 0.25) is 5.75 Å². The van der Waals surface area contributed by atoms with E-state index in [0.717, 1.165) is 4.57 Å². The summed E-state index contributed by atoms with van der Waals surface area (Å²) in [6.45, 7) is 0.921. The molecule has 37 heavy (non-hydrogen) atoms. The topological polar surface area (TPSA) is 122 Å². The summed E-state index contributed by atoms with van der Waals surface area (Å²) < 4.78 is 22.0. The zero-order chi connectivity index (χ0) is 26.0. The summed E-state index contributed by atoms with van der Waals surface area (Å²) in [6.07, 6.45) is 5.17. The molecule has 196 valence electrons. The number of nitrogens with zero attached hydrogens (tertiary/aromatic N) is 5. The first-order chi connectivity index (χ1) is 17.3. The summed E-state index contributed by atoms with van der Waals surface area (Å²) in [5.41, 5.74) is 0.771. The maximum absolute atomic E-state index is 12.9. The van der Waals surface area contributed by atoms with Crippen LogP contribution in [0.1, 0.15) is 10.4 Å². The number of benzene rings is 1. The number of halogens is 1. The maximum atomic E-state index is 12.9. The predicted molar refractivity (Wildman–Crippen MR) is 131 cm³/mol. The Hall–Kier alpha value is -4.13. The zero-order valence-corrected chi connectivity index (χ0v) is 22.6. The molecule has 1 N–H and O–H groups in total. The van der Waals surface area contributed by atoms with Crippen LogP contribution in [-0.2, 0) is 27.2 Å². The van der Waals surface area contributed by atoms with Crippen molar-refractivity contribution in [1.82, 2.24) is 18.7 Å². The van der Waals surface area contributed by atoms with Gasteiger partial charge in [-0.05, 0) is 18.2 Å². The van der Waals surface area contributed by atoms with E-state index in [1.165, 1.54) is 32.9 Å². The highest BCUT2D eigenvalue weighted by Gasteiger charge is 2.18. The highest BCUT2D eigenvalue weighted by atomic mass is 79.9. The third-order valence-electron chi connectivity index (χ3n) is 5.86. The van der Waals surface area contributed by atoms with Crippen LogP contribution in [0.5, 0.6) is 17.2 Å². The molecule has 12 nitrogen and oxygen atoms in total. The molecule has 0 saturated heterocycles. The summed E-state index contributed by atoms with van der Waals surface area (Å²) in [5.74, 6) is 0.802. The molecule has 4 rings (SSSR count). The summed E-state index contributed by atoms with van der Waals surface area (Å²) in [4.78, 5) is 42.0. The van der Waals surface area contributed by atoms with Gasteiger partial charge < -0.3 is 41.1 Å². The number of aromatic nitrogens is 5. The molecular weight excluding hydrogens is 548 g/mol. The predicted octanol–water partition coefficient (Wildman–Crippen LogP) is -2.30. The van der Waals surface area contributed by atoms with E-state index in [1.807, 2.05) is 10.8 Å². The van der Waals surface area contributed by atoms with Crippen molar-refractivity contribution in [3.8, 4) is 17.2 Å². The highest BCUT2D eigenvalue weighted by molar-refractivity contribution is 6.05. The highest BCUT2D eigenvalue weighted by Crippen LogP contribution is 2.38. The van der Waals surface area contributed by atoms with Crippen LogP contribution in [0.25, 0.3) is 11.2 Å². The molecule has 0 unspecified atom stereocenters. The molecule has 0 saturated carbocycles. The Bertz CT molecular complexity index is 1550. The van der Waals surface area contributed by atoms with Crippen molar-refractivity contribution in [3.63, 3.8) is 0 Å². The quantitative estimate of drug-likeness (QED) is 0.235. The fraction of sp³-hybridized carbons (Fsp3) is 0.292. The van der Waals surface area contributed by atoms with E-state index in [9.17, 15) is 14.4 Å². The van der Waals surface area contributed by atoms with Crippen molar-refractivity contribution in [2.24, 2.45) is 14.1 Å². The van der Waals surface area contributed by atoms with Gasteiger partial charge in [-0.25, -0.2) is 14.3 Å². The number of hydrogen-bond donors (Lipinski definition) is 1. The normalized spacial score (nSPS) is 10.6. The van der Waals surface area contributed by atoms with Gasteiger partial charge in [0.25, 0.3) is 11.5 Å². The van der Waals surface area contributed by atoms with Crippen molar-refractivity contribution >= 4 is 22.8 Å². The van der Waals surface area contributed by atoms with Crippen molar-refractivity contribution in [1.29, 1.82) is 0 Å². The summed E-state index contributed by atoms with van der Waals surface area (Å²) in [6, 6.07) is 6.72. The Morgan fingerprint density at radius 2 is 1.73 bits per heavy atom. The number of amides is 1. The molecule has 0 spiro atoms. The Labute approximate surface area is 222 Å². The number of hydrogen-bond acceptors (Lipinski definition) is 7. The first kappa shape index (κ1) is 27.5. The number of pyridine rings is 1. The second kappa shape index (κ2) is 11.3. The Balaban J connectivity index is 0.00000380. The van der Waals surface area contributed by atoms with Gasteiger partial charge in [0.15, 0.2) is 41.6 Å². The van der Waals surface area contributed by atoms with E-state index in [-0.39, 0.29) is 22.9 Å². The van der Waals surface area contributed by atoms with Gasteiger partial charge in [-0.15, -0.1) is 0 Å². The number of methoxy groups -OCH3 is 3. The number of imidazole rings is 1. The Morgan fingerprint density at radius 3 is 2.35 bits per heavy atom. The van der Waals surface area contributed by atoms with Crippen LogP contribution < -0.4 is 52.3 Å². The molecule has 0 radical (unpaired) electrons. The third kappa shape index (κ3) is 5.21. The molecule has 4 aromatic rings. The molecule has 0 bridgehead atoms. The minimum absolute atomic E-state index is 0. The lowest BCUT2D eigenvalue weighted by Gasteiger charge is -2.14. The number of carbonyl (C=O) groups excluding carboxylic acids is 1. The molecule has 0 aliphatic carbocycles. The maximum Gasteiger partial charge on any atom is 0.332 e. The largest absolute Gasteiger partial charge is 1.00 e. The molecule has 1 aromatic carbocycles. The Kier molecular flexibility index (Phi) is 8.38. The van der Waals surface area contributed by atoms with Crippen LogP contribution in [0, 0.1) is 0 Å². The molecule has 0 fully saturated rings. The van der Waals surface area contributed by atoms with Crippen LogP contribution >= 0.6 is 0 Å². The molecular formula is C24H27BrN6O6. The SMILES string of the molecule is COc1cc(C(=O)Nc2ccc[n+](CCn3cnc4c3c(=O)n(C)c(=O)n4C)c2)cc(OC)c1OC.[Br-]. The monoisotopic (exact) mass is 574 g/mol. The second-order valence-corrected chi connectivity index (χ2v) is 8.01. The molecule has 0 atom stereocenters. The zero-order valence-electron chi connectivity index (χ0n) is 21.0. The minimum Gasteiger partial charge on any atom is -1.00 e. The van der Waals surface area contributed by atoms with E-state index in [0.29, 0.717) is 52.8 Å². The summed E-state index contributed by atoms with van der Waals surface area (Å²) in [5, 5.41) is 2.87. The third-order valence-corrected chi connectivity index (χ3v) is 5.86. The second-order valence-electron chi connectivity index (χ2n) is 8.01. The number of aryl methyl sites for hydroxylation is 3. The number of carbonyl (C=O) groups is 1. The number of ether oxygens (including phenoxy) is 3. The molecule has 13 heteroatoms. The van der Waals surface area contributed by atoms with Crippen LogP contribution in [0.2, 0.25) is 0 Å². The fourth-order valence-corrected chi connectivity index (χ4v) is 3.94. The van der Waals surface area contributed by atoms with Crippen molar-refractivity contribution in [3.05, 3.63) is 69.4 Å². The van der Waals surface area contributed by atoms with Crippen LogP contribution in [0.15, 0.2) is 52.6 Å². The standard InChI is InChI=1S/C24H26N6O6.BrH/c1-27-21-19(23(32)28(2)24(27)33)30(14-25-21)10-9-29-8-6-7-16(13-29)26-22(31)15-11-17(34-3)20(36-5)18(12-15)35-4;/h6-8,11-14H,9-10H2,1-5H3;1H. The van der Waals surface area contributed by atoms with Crippen molar-refractivity contribution in [2.75, 3.05) is 26.6 Å². The average molecular weight is 575 g/mol. The van der Waals surface area contributed by atoms with E-state index in [4.69, 9.17) is 14.2 Å². The molecule has 3 aromatic heterocycles. The Morgan fingerprint density at radius 1 is 1.05 bits per heavy atom. The van der Waals surface area contributed by atoms with Crippen LogP contribution in [0.4, 0.5) is 5.69 Å². The number of anilines is 1. The van der Waals surface area contributed by atoms with Gasteiger partial charge in [0.05, 0.1) is 34.2 Å². The number of fused-ring (bicyclic) bond motifs is 1. The lowest BCUT2D eigenvalue weighted by Crippen LogP contribution is -3.00. The van der Waals surface area contributed by atoms with Crippen LogP contribution in [0.3, 0.4) is 0 Å². The smallest absolute Gasteiger partial charge is 0.332 e. The van der Waals surface area contributed by atoms with Gasteiger partial charge in [-0.1, -0.05) is 0 Å². The first-order valence-electron chi connectivity index (χ1n) is 11.0.